The van der Waals surface area contributed by atoms with Crippen LogP contribution in [0.2, 0.25) is 0 Å². The molecule has 0 unspecified atom stereocenters. The number of hydrogen-bond acceptors (Lipinski definition) is 5. The first-order valence-electron chi connectivity index (χ1n) is 6.21. The number of nitrogens with two attached hydrogens (primary N) is 1. The monoisotopic (exact) mass is 285 g/mol. The molecule has 1 aromatic heterocycles. The number of hydrogen-bond donors (Lipinski definition) is 1. The van der Waals surface area contributed by atoms with Gasteiger partial charge in [0.1, 0.15) is 17.1 Å². The Morgan fingerprint density at radius 1 is 1.14 bits per heavy atom. The molecule has 2 aromatic carbocycles. The molecule has 0 amide bonds. The van der Waals surface area contributed by atoms with Gasteiger partial charge in [-0.2, -0.15) is 4.98 Å². The maximum atomic E-state index is 14.0. The van der Waals surface area contributed by atoms with Gasteiger partial charge in [0, 0.05) is 11.3 Å². The Bertz CT molecular complexity index is 769. The molecule has 0 aliphatic carbocycles. The summed E-state index contributed by atoms with van der Waals surface area (Å²) >= 11 is 0. The fourth-order valence-corrected chi connectivity index (χ4v) is 1.96. The third-order valence-electron chi connectivity index (χ3n) is 3.00. The first kappa shape index (κ1) is 13.1. The van der Waals surface area contributed by atoms with E-state index < -0.39 is 5.82 Å². The Labute approximate surface area is 120 Å². The van der Waals surface area contributed by atoms with Gasteiger partial charge in [0.05, 0.1) is 7.11 Å². The predicted octanol–water partition coefficient (Wildman–Crippen LogP) is 3.13. The van der Waals surface area contributed by atoms with Gasteiger partial charge in [0.15, 0.2) is 0 Å². The summed E-state index contributed by atoms with van der Waals surface area (Å²) in [5, 5.41) is 3.86. The van der Waals surface area contributed by atoms with E-state index in [0.29, 0.717) is 17.3 Å². The zero-order valence-electron chi connectivity index (χ0n) is 11.2. The molecule has 106 valence electrons. The minimum Gasteiger partial charge on any atom is -0.496 e. The van der Waals surface area contributed by atoms with Gasteiger partial charge in [-0.25, -0.2) is 4.39 Å². The number of halogens is 1. The minimum absolute atomic E-state index is 0.0665. The highest BCUT2D eigenvalue weighted by Gasteiger charge is 2.18. The lowest BCUT2D eigenvalue weighted by molar-refractivity contribution is 0.401. The summed E-state index contributed by atoms with van der Waals surface area (Å²) in [5.41, 5.74) is 7.14. The summed E-state index contributed by atoms with van der Waals surface area (Å²) in [6.45, 7) is 0. The molecule has 0 saturated heterocycles. The van der Waals surface area contributed by atoms with Crippen LogP contribution in [0.3, 0.4) is 0 Å². The molecule has 3 rings (SSSR count). The lowest BCUT2D eigenvalue weighted by Crippen LogP contribution is -1.91. The molecule has 2 N–H and O–H groups in total. The maximum Gasteiger partial charge on any atom is 0.265 e. The van der Waals surface area contributed by atoms with Crippen LogP contribution in [0, 0.1) is 5.82 Å². The largest absolute Gasteiger partial charge is 0.496 e. The summed E-state index contributed by atoms with van der Waals surface area (Å²) in [6.07, 6.45) is 0. The molecule has 0 radical (unpaired) electrons. The van der Waals surface area contributed by atoms with Gasteiger partial charge in [0.2, 0.25) is 5.82 Å². The predicted molar refractivity (Wildman–Crippen MR) is 76.1 cm³/mol. The van der Waals surface area contributed by atoms with E-state index in [1.807, 2.05) is 0 Å². The van der Waals surface area contributed by atoms with E-state index in [4.69, 9.17) is 15.0 Å². The first-order valence-corrected chi connectivity index (χ1v) is 6.21. The van der Waals surface area contributed by atoms with Crippen LogP contribution in [0.5, 0.6) is 5.75 Å². The molecule has 0 bridgehead atoms. The molecule has 1 heterocycles. The molecule has 0 aliphatic heterocycles. The van der Waals surface area contributed by atoms with E-state index in [1.165, 1.54) is 13.2 Å². The highest BCUT2D eigenvalue weighted by molar-refractivity contribution is 5.66. The maximum absolute atomic E-state index is 14.0. The van der Waals surface area contributed by atoms with Crippen molar-refractivity contribution in [2.45, 2.75) is 0 Å². The summed E-state index contributed by atoms with van der Waals surface area (Å²) < 4.78 is 24.2. The molecule has 5 nitrogen and oxygen atoms in total. The smallest absolute Gasteiger partial charge is 0.265 e. The lowest BCUT2D eigenvalue weighted by Gasteiger charge is -2.04. The van der Waals surface area contributed by atoms with Crippen molar-refractivity contribution in [1.29, 1.82) is 0 Å². The van der Waals surface area contributed by atoms with Crippen LogP contribution < -0.4 is 10.5 Å². The second-order valence-corrected chi connectivity index (χ2v) is 4.36. The number of benzene rings is 2. The van der Waals surface area contributed by atoms with Crippen LogP contribution >= 0.6 is 0 Å². The topological polar surface area (TPSA) is 74.2 Å². The van der Waals surface area contributed by atoms with Crippen molar-refractivity contribution in [2.75, 3.05) is 12.8 Å². The van der Waals surface area contributed by atoms with E-state index in [2.05, 4.69) is 10.1 Å². The Hall–Kier alpha value is -2.89. The fraction of sp³-hybridized carbons (Fsp3) is 0.0667. The minimum atomic E-state index is -0.484. The van der Waals surface area contributed by atoms with Crippen LogP contribution in [-0.2, 0) is 0 Å². The molecular formula is C15H12FN3O2. The van der Waals surface area contributed by atoms with Crippen molar-refractivity contribution in [3.05, 3.63) is 48.3 Å². The van der Waals surface area contributed by atoms with Crippen LogP contribution in [0.4, 0.5) is 10.1 Å². The molecule has 0 spiro atoms. The molecule has 0 aliphatic rings. The average Bonchev–Trinajstić information content (AvgIpc) is 2.97. The zero-order chi connectivity index (χ0) is 14.8. The third-order valence-corrected chi connectivity index (χ3v) is 3.00. The zero-order valence-corrected chi connectivity index (χ0v) is 11.2. The second-order valence-electron chi connectivity index (χ2n) is 4.36. The van der Waals surface area contributed by atoms with E-state index in [9.17, 15) is 4.39 Å². The molecule has 0 fully saturated rings. The second kappa shape index (κ2) is 5.24. The molecule has 3 aromatic rings. The van der Waals surface area contributed by atoms with E-state index >= 15 is 0 Å². The molecule has 6 heteroatoms. The van der Waals surface area contributed by atoms with Crippen LogP contribution in [0.15, 0.2) is 47.0 Å². The number of ether oxygens (including phenoxy) is 1. The molecular weight excluding hydrogens is 273 g/mol. The summed E-state index contributed by atoms with van der Waals surface area (Å²) in [7, 11) is 1.45. The van der Waals surface area contributed by atoms with Gasteiger partial charge < -0.3 is 15.0 Å². The first-order chi connectivity index (χ1) is 10.2. The third kappa shape index (κ3) is 2.43. The van der Waals surface area contributed by atoms with Crippen LogP contribution in [-0.4, -0.2) is 17.3 Å². The van der Waals surface area contributed by atoms with Gasteiger partial charge >= 0.3 is 0 Å². The van der Waals surface area contributed by atoms with Crippen molar-refractivity contribution >= 4 is 5.69 Å². The van der Waals surface area contributed by atoms with Gasteiger partial charge in [0.25, 0.3) is 5.89 Å². The van der Waals surface area contributed by atoms with E-state index in [0.717, 1.165) is 5.56 Å². The summed E-state index contributed by atoms with van der Waals surface area (Å²) in [6, 6.07) is 11.5. The van der Waals surface area contributed by atoms with Crippen molar-refractivity contribution in [3.63, 3.8) is 0 Å². The fourth-order valence-electron chi connectivity index (χ4n) is 1.96. The normalized spacial score (nSPS) is 10.6. The van der Waals surface area contributed by atoms with Gasteiger partial charge in [-0.15, -0.1) is 0 Å². The van der Waals surface area contributed by atoms with Crippen molar-refractivity contribution in [2.24, 2.45) is 0 Å². The number of anilines is 1. The number of nitrogens with zero attached hydrogens (tertiary/aromatic N) is 2. The number of aromatic nitrogens is 2. The van der Waals surface area contributed by atoms with Gasteiger partial charge in [-0.1, -0.05) is 11.2 Å². The summed E-state index contributed by atoms with van der Waals surface area (Å²) in [5.74, 6) is 0.274. The van der Waals surface area contributed by atoms with Crippen molar-refractivity contribution in [1.82, 2.24) is 10.1 Å². The van der Waals surface area contributed by atoms with Crippen LogP contribution in [0.25, 0.3) is 22.8 Å². The number of rotatable bonds is 3. The molecule has 0 saturated carbocycles. The quantitative estimate of drug-likeness (QED) is 0.748. The Kier molecular flexibility index (Phi) is 3.27. The average molecular weight is 285 g/mol. The van der Waals surface area contributed by atoms with Gasteiger partial charge in [-0.05, 0) is 36.4 Å². The number of nitrogen functional groups attached to an aromatic ring is 1. The van der Waals surface area contributed by atoms with Crippen molar-refractivity contribution in [3.8, 4) is 28.6 Å². The molecule has 0 atom stereocenters. The standard InChI is InChI=1S/C15H12FN3O2/c1-20-12-4-2-3-11(16)13(12)15-18-14(19-21-15)9-5-7-10(17)8-6-9/h2-8H,17H2,1H3. The Balaban J connectivity index is 2.05. The summed E-state index contributed by atoms with van der Waals surface area (Å²) in [4.78, 5) is 4.21. The highest BCUT2D eigenvalue weighted by Crippen LogP contribution is 2.32. The van der Waals surface area contributed by atoms with Gasteiger partial charge in [-0.3, -0.25) is 0 Å². The molecule has 21 heavy (non-hydrogen) atoms. The Morgan fingerprint density at radius 2 is 1.90 bits per heavy atom. The van der Waals surface area contributed by atoms with Crippen LogP contribution in [0.1, 0.15) is 0 Å². The highest BCUT2D eigenvalue weighted by atomic mass is 19.1. The van der Waals surface area contributed by atoms with E-state index in [1.54, 1.807) is 36.4 Å². The lowest BCUT2D eigenvalue weighted by atomic mass is 10.1. The van der Waals surface area contributed by atoms with E-state index in [-0.39, 0.29) is 11.5 Å². The van der Waals surface area contributed by atoms with Crippen molar-refractivity contribution < 1.29 is 13.7 Å². The SMILES string of the molecule is COc1cccc(F)c1-c1nc(-c2ccc(N)cc2)no1. The Morgan fingerprint density at radius 3 is 2.62 bits per heavy atom. The number of methoxy groups -OCH3 is 1.